The van der Waals surface area contributed by atoms with Gasteiger partial charge in [-0.25, -0.2) is 4.39 Å². The van der Waals surface area contributed by atoms with Crippen LogP contribution < -0.4 is 5.32 Å². The minimum absolute atomic E-state index is 0.0858. The predicted octanol–water partition coefficient (Wildman–Crippen LogP) is 5.09. The van der Waals surface area contributed by atoms with E-state index in [1.165, 1.54) is 35.2 Å². The molecule has 0 saturated carbocycles. The Bertz CT molecular complexity index is 1560. The zero-order valence-corrected chi connectivity index (χ0v) is 19.3. The Morgan fingerprint density at radius 2 is 1.94 bits per heavy atom. The van der Waals surface area contributed by atoms with Crippen molar-refractivity contribution in [3.05, 3.63) is 71.2 Å². The molecule has 0 radical (unpaired) electrons. The molecule has 3 aromatic heterocycles. The number of hydrogen-bond donors (Lipinski definition) is 1. The van der Waals surface area contributed by atoms with E-state index in [9.17, 15) is 14.4 Å². The van der Waals surface area contributed by atoms with Gasteiger partial charge in [-0.05, 0) is 55.8 Å². The van der Waals surface area contributed by atoms with Crippen molar-refractivity contribution in [3.8, 4) is 11.8 Å². The number of carbonyl (C=O) groups is 1. The fourth-order valence-electron chi connectivity index (χ4n) is 3.72. The van der Waals surface area contributed by atoms with E-state index in [1.54, 1.807) is 16.7 Å². The normalized spacial score (nSPS) is 11.2. The van der Waals surface area contributed by atoms with Gasteiger partial charge in [0, 0.05) is 11.4 Å². The van der Waals surface area contributed by atoms with Crippen molar-refractivity contribution in [2.45, 2.75) is 19.0 Å². The zero-order chi connectivity index (χ0) is 23.1. The van der Waals surface area contributed by atoms with Crippen LogP contribution in [-0.4, -0.2) is 30.8 Å². The molecule has 0 atom stereocenters. The summed E-state index contributed by atoms with van der Waals surface area (Å²) in [6, 6.07) is 16.0. The molecule has 0 aliphatic heterocycles. The summed E-state index contributed by atoms with van der Waals surface area (Å²) in [5, 5.41) is 21.7. The summed E-state index contributed by atoms with van der Waals surface area (Å²) in [5.74, 6) is -0.184. The highest BCUT2D eigenvalue weighted by Gasteiger charge is 2.21. The van der Waals surface area contributed by atoms with Gasteiger partial charge in [-0.2, -0.15) is 5.26 Å². The Balaban J connectivity index is 1.43. The molecular weight excluding hydrogens is 459 g/mol. The molecule has 5 aromatic rings. The summed E-state index contributed by atoms with van der Waals surface area (Å²) in [4.78, 5) is 13.7. The summed E-state index contributed by atoms with van der Waals surface area (Å²) in [6.07, 6.45) is 0. The quantitative estimate of drug-likeness (QED) is 0.357. The summed E-state index contributed by atoms with van der Waals surface area (Å²) < 4.78 is 18.2. The minimum atomic E-state index is -0.358. The highest BCUT2D eigenvalue weighted by molar-refractivity contribution is 7.99. The van der Waals surface area contributed by atoms with Gasteiger partial charge < -0.3 is 5.32 Å². The molecular formula is C23H17FN6OS2. The number of hydrogen-bond acceptors (Lipinski definition) is 6. The van der Waals surface area contributed by atoms with Gasteiger partial charge in [-0.15, -0.1) is 10.2 Å². The Hall–Kier alpha value is -3.68. The van der Waals surface area contributed by atoms with Crippen molar-refractivity contribution in [1.82, 2.24) is 19.2 Å². The smallest absolute Gasteiger partial charge is 0.236 e. The van der Waals surface area contributed by atoms with Gasteiger partial charge in [0.1, 0.15) is 17.7 Å². The van der Waals surface area contributed by atoms with Crippen LogP contribution in [0.4, 0.5) is 10.2 Å². The van der Waals surface area contributed by atoms with Crippen LogP contribution in [0.3, 0.4) is 0 Å². The maximum absolute atomic E-state index is 13.4. The van der Waals surface area contributed by atoms with Crippen LogP contribution in [0.5, 0.6) is 0 Å². The van der Waals surface area contributed by atoms with E-state index >= 15 is 0 Å². The van der Waals surface area contributed by atoms with Crippen LogP contribution in [0.25, 0.3) is 20.9 Å². The number of halogens is 1. The lowest BCUT2D eigenvalue weighted by Crippen LogP contribution is -2.18. The summed E-state index contributed by atoms with van der Waals surface area (Å²) >= 11 is 2.81. The topological polar surface area (TPSA) is 88.0 Å². The average Bonchev–Trinajstić information content (AvgIpc) is 3.44. The highest BCUT2D eigenvalue weighted by Crippen LogP contribution is 2.32. The van der Waals surface area contributed by atoms with Crippen LogP contribution in [-0.2, 0) is 4.79 Å². The molecule has 7 nitrogen and oxygen atoms in total. The van der Waals surface area contributed by atoms with Gasteiger partial charge in [-0.1, -0.05) is 35.2 Å². The molecule has 1 N–H and O–H groups in total. The maximum Gasteiger partial charge on any atom is 0.236 e. The first-order valence-corrected chi connectivity index (χ1v) is 11.8. The Kier molecular flexibility index (Phi) is 5.36. The molecule has 0 saturated heterocycles. The summed E-state index contributed by atoms with van der Waals surface area (Å²) in [7, 11) is 0. The molecule has 10 heteroatoms. The molecule has 0 unspecified atom stereocenters. The number of rotatable bonds is 5. The minimum Gasteiger partial charge on any atom is -0.310 e. The van der Waals surface area contributed by atoms with E-state index < -0.39 is 0 Å². The molecule has 0 spiro atoms. The predicted molar refractivity (Wildman–Crippen MR) is 128 cm³/mol. The molecule has 1 amide bonds. The van der Waals surface area contributed by atoms with Crippen molar-refractivity contribution in [2.24, 2.45) is 0 Å². The second-order valence-corrected chi connectivity index (χ2v) is 9.32. The first kappa shape index (κ1) is 21.2. The number of carbonyl (C=O) groups excluding carboxylic acids is 1. The van der Waals surface area contributed by atoms with Crippen molar-refractivity contribution in [3.63, 3.8) is 0 Å². The number of nitriles is 1. The number of nitrogens with one attached hydrogen (secondary N) is 1. The number of aromatic nitrogens is 4. The molecule has 0 bridgehead atoms. The molecule has 5 rings (SSSR count). The molecule has 164 valence electrons. The van der Waals surface area contributed by atoms with Crippen molar-refractivity contribution >= 4 is 50.0 Å². The van der Waals surface area contributed by atoms with Crippen LogP contribution in [0, 0.1) is 31.0 Å². The fourth-order valence-corrected chi connectivity index (χ4v) is 5.49. The van der Waals surface area contributed by atoms with Gasteiger partial charge in [0.15, 0.2) is 5.16 Å². The Morgan fingerprint density at radius 3 is 2.70 bits per heavy atom. The second-order valence-electron chi connectivity index (χ2n) is 7.36. The number of anilines is 1. The van der Waals surface area contributed by atoms with E-state index in [4.69, 9.17) is 0 Å². The maximum atomic E-state index is 13.4. The number of fused-ring (bicyclic) bond motifs is 3. The lowest BCUT2D eigenvalue weighted by molar-refractivity contribution is -0.113. The molecule has 33 heavy (non-hydrogen) atoms. The fraction of sp³-hybridized carbons (Fsp3) is 0.130. The van der Waals surface area contributed by atoms with Gasteiger partial charge in [0.05, 0.1) is 21.5 Å². The van der Waals surface area contributed by atoms with Crippen molar-refractivity contribution < 1.29 is 9.18 Å². The van der Waals surface area contributed by atoms with Crippen LogP contribution in [0.2, 0.25) is 0 Å². The first-order chi connectivity index (χ1) is 16.0. The Labute approximate surface area is 196 Å². The number of benzene rings is 2. The zero-order valence-electron chi connectivity index (χ0n) is 17.7. The number of amides is 1. The number of thiazole rings is 1. The van der Waals surface area contributed by atoms with Crippen molar-refractivity contribution in [2.75, 3.05) is 11.1 Å². The molecule has 0 fully saturated rings. The van der Waals surface area contributed by atoms with Gasteiger partial charge >= 0.3 is 0 Å². The monoisotopic (exact) mass is 476 g/mol. The third kappa shape index (κ3) is 3.65. The van der Waals surface area contributed by atoms with Gasteiger partial charge in [-0.3, -0.25) is 13.8 Å². The van der Waals surface area contributed by atoms with E-state index in [2.05, 4.69) is 21.6 Å². The third-order valence-electron chi connectivity index (χ3n) is 5.41. The Morgan fingerprint density at radius 1 is 1.18 bits per heavy atom. The van der Waals surface area contributed by atoms with E-state index in [0.717, 1.165) is 26.4 Å². The molecule has 0 aliphatic carbocycles. The summed E-state index contributed by atoms with van der Waals surface area (Å²) in [6.45, 7) is 3.69. The van der Waals surface area contributed by atoms with Crippen molar-refractivity contribution in [1.29, 1.82) is 5.26 Å². The first-order valence-electron chi connectivity index (χ1n) is 10.0. The highest BCUT2D eigenvalue weighted by atomic mass is 32.2. The second kappa shape index (κ2) is 8.35. The number of nitrogens with zero attached hydrogens (tertiary/aromatic N) is 5. The largest absolute Gasteiger partial charge is 0.310 e. The van der Waals surface area contributed by atoms with E-state index in [1.807, 2.05) is 42.5 Å². The standard InChI is InChI=1S/C23H17FN6OS2/c1-13-14(2)29(16-9-7-15(24)8-10-16)21(17(13)11-25)26-20(31)12-32-22-27-28-23-30(22)18-5-3-4-6-19(18)33-23/h3-10H,12H2,1-2H3,(H,26,31). The van der Waals surface area contributed by atoms with Crippen LogP contribution in [0.1, 0.15) is 16.8 Å². The molecule has 0 aliphatic rings. The summed E-state index contributed by atoms with van der Waals surface area (Å²) in [5.41, 5.74) is 3.58. The number of para-hydroxylation sites is 1. The lowest BCUT2D eigenvalue weighted by atomic mass is 10.2. The van der Waals surface area contributed by atoms with E-state index in [-0.39, 0.29) is 17.5 Å². The average molecular weight is 477 g/mol. The van der Waals surface area contributed by atoms with Gasteiger partial charge in [0.25, 0.3) is 0 Å². The number of thioether (sulfide) groups is 1. The molecule has 2 aromatic carbocycles. The van der Waals surface area contributed by atoms with Crippen LogP contribution >= 0.6 is 23.1 Å². The SMILES string of the molecule is Cc1c(C#N)c(NC(=O)CSc2nnc3sc4ccccc4n23)n(-c2ccc(F)cc2)c1C. The molecule has 3 heterocycles. The van der Waals surface area contributed by atoms with Crippen LogP contribution in [0.15, 0.2) is 53.7 Å². The lowest BCUT2D eigenvalue weighted by Gasteiger charge is -2.13. The third-order valence-corrected chi connectivity index (χ3v) is 7.35. The van der Waals surface area contributed by atoms with Gasteiger partial charge in [0.2, 0.25) is 10.9 Å². The van der Waals surface area contributed by atoms with E-state index in [0.29, 0.717) is 22.2 Å².